The third-order valence-corrected chi connectivity index (χ3v) is 1.93. The number of halogens is 1. The normalized spacial score (nSPS) is 9.33. The fourth-order valence-electron chi connectivity index (χ4n) is 1.22. The number of aromatic amines is 1. The quantitative estimate of drug-likeness (QED) is 0.498. The highest BCUT2D eigenvalue weighted by molar-refractivity contribution is 5.94. The summed E-state index contributed by atoms with van der Waals surface area (Å²) in [7, 11) is 0. The molecule has 1 aromatic carbocycles. The summed E-state index contributed by atoms with van der Waals surface area (Å²) in [4.78, 5) is 11.6. The summed E-state index contributed by atoms with van der Waals surface area (Å²) in [5.74, 6) is 0.0806. The number of benzene rings is 1. The Morgan fingerprint density at radius 2 is 2.07 bits per heavy atom. The lowest BCUT2D eigenvalue weighted by molar-refractivity contribution is -0.683. The summed E-state index contributed by atoms with van der Waals surface area (Å²) in [6.45, 7) is 0.320. The maximum atomic E-state index is 11.6. The molecular formula is C10H10BrN3O. The van der Waals surface area contributed by atoms with Crippen molar-refractivity contribution >= 4 is 5.78 Å². The van der Waals surface area contributed by atoms with Gasteiger partial charge >= 0.3 is 0 Å². The standard InChI is InChI=1S/C10H9N3O.BrH/c14-10(6-13-7-11-12-8-13)9-4-2-1-3-5-9;/h1-5,7-8H,6H2;1H. The molecule has 0 aliphatic carbocycles. The van der Waals surface area contributed by atoms with E-state index < -0.39 is 0 Å². The first-order valence-corrected chi connectivity index (χ1v) is 4.32. The van der Waals surface area contributed by atoms with Gasteiger partial charge in [-0.1, -0.05) is 30.3 Å². The molecule has 1 aromatic heterocycles. The third kappa shape index (κ3) is 2.99. The molecule has 0 atom stereocenters. The van der Waals surface area contributed by atoms with Gasteiger partial charge in [-0.15, -0.1) is 5.10 Å². The first kappa shape index (κ1) is 11.6. The Kier molecular flexibility index (Phi) is 4.17. The van der Waals surface area contributed by atoms with Crippen LogP contribution in [0.15, 0.2) is 43.0 Å². The van der Waals surface area contributed by atoms with E-state index >= 15 is 0 Å². The van der Waals surface area contributed by atoms with Crippen molar-refractivity contribution in [2.75, 3.05) is 0 Å². The number of H-pyrrole nitrogens is 1. The molecular weight excluding hydrogens is 258 g/mol. The van der Waals surface area contributed by atoms with Crippen molar-refractivity contribution in [3.63, 3.8) is 0 Å². The van der Waals surface area contributed by atoms with E-state index in [2.05, 4.69) is 10.2 Å². The van der Waals surface area contributed by atoms with Crippen LogP contribution in [-0.4, -0.2) is 16.0 Å². The van der Waals surface area contributed by atoms with Crippen LogP contribution in [0.3, 0.4) is 0 Å². The lowest BCUT2D eigenvalue weighted by Crippen LogP contribution is -3.00. The van der Waals surface area contributed by atoms with E-state index in [9.17, 15) is 4.79 Å². The molecule has 0 spiro atoms. The average molecular weight is 268 g/mol. The van der Waals surface area contributed by atoms with Crippen LogP contribution < -0.4 is 21.5 Å². The number of nitrogens with one attached hydrogen (secondary N) is 1. The summed E-state index contributed by atoms with van der Waals surface area (Å²) in [5, 5.41) is 6.40. The fourth-order valence-corrected chi connectivity index (χ4v) is 1.22. The Labute approximate surface area is 97.7 Å². The largest absolute Gasteiger partial charge is 1.00 e. The van der Waals surface area contributed by atoms with E-state index in [0.717, 1.165) is 5.56 Å². The van der Waals surface area contributed by atoms with Gasteiger partial charge in [0.05, 0.1) is 0 Å². The van der Waals surface area contributed by atoms with E-state index in [-0.39, 0.29) is 22.8 Å². The average Bonchev–Trinajstić information content (AvgIpc) is 2.72. The Balaban J connectivity index is 0.00000112. The molecule has 78 valence electrons. The first-order valence-electron chi connectivity index (χ1n) is 4.32. The van der Waals surface area contributed by atoms with E-state index in [1.807, 2.05) is 30.3 Å². The molecule has 0 saturated carbocycles. The van der Waals surface area contributed by atoms with Gasteiger partial charge in [-0.05, 0) is 0 Å². The Hall–Kier alpha value is -1.49. The predicted octanol–water partition coefficient (Wildman–Crippen LogP) is -2.42. The molecule has 0 aliphatic rings. The number of carbonyl (C=O) groups is 1. The van der Waals surface area contributed by atoms with Gasteiger partial charge in [0.15, 0.2) is 5.78 Å². The lowest BCUT2D eigenvalue weighted by atomic mass is 10.1. The van der Waals surface area contributed by atoms with E-state index in [0.29, 0.717) is 6.54 Å². The number of hydrogen-bond donors (Lipinski definition) is 1. The summed E-state index contributed by atoms with van der Waals surface area (Å²) < 4.78 is 1.70. The number of carbonyl (C=O) groups excluding carboxylic acids is 1. The number of hydrogen-bond acceptors (Lipinski definition) is 2. The van der Waals surface area contributed by atoms with Crippen molar-refractivity contribution in [2.24, 2.45) is 0 Å². The molecule has 0 fully saturated rings. The SMILES string of the molecule is O=C(C[n+]1cn[nH]c1)c1ccccc1.[Br-]. The maximum Gasteiger partial charge on any atom is 0.265 e. The summed E-state index contributed by atoms with van der Waals surface area (Å²) >= 11 is 0. The van der Waals surface area contributed by atoms with Gasteiger partial charge in [-0.3, -0.25) is 4.79 Å². The molecule has 4 nitrogen and oxygen atoms in total. The van der Waals surface area contributed by atoms with E-state index in [1.54, 1.807) is 17.2 Å². The highest BCUT2D eigenvalue weighted by atomic mass is 79.9. The van der Waals surface area contributed by atoms with E-state index in [4.69, 9.17) is 0 Å². The molecule has 1 N–H and O–H groups in total. The second kappa shape index (κ2) is 5.41. The minimum atomic E-state index is 0. The number of ketones is 1. The van der Waals surface area contributed by atoms with Crippen LogP contribution in [0.25, 0.3) is 0 Å². The van der Waals surface area contributed by atoms with Crippen molar-refractivity contribution in [1.82, 2.24) is 10.2 Å². The molecule has 2 aromatic rings. The van der Waals surface area contributed by atoms with Crippen LogP contribution in [0.1, 0.15) is 10.4 Å². The number of nitrogens with zero attached hydrogens (tertiary/aromatic N) is 2. The zero-order chi connectivity index (χ0) is 9.80. The minimum absolute atomic E-state index is 0. The van der Waals surface area contributed by atoms with Gasteiger partial charge in [0, 0.05) is 10.7 Å². The second-order valence-electron chi connectivity index (χ2n) is 2.96. The smallest absolute Gasteiger partial charge is 0.265 e. The second-order valence-corrected chi connectivity index (χ2v) is 2.96. The Bertz CT molecular complexity index is 413. The van der Waals surface area contributed by atoms with Crippen LogP contribution in [0.4, 0.5) is 0 Å². The number of Topliss-reactive ketones (excluding diaryl/α,β-unsaturated/α-hetero) is 1. The molecule has 1 heterocycles. The summed E-state index contributed by atoms with van der Waals surface area (Å²) in [6, 6.07) is 9.22. The maximum absolute atomic E-state index is 11.6. The Morgan fingerprint density at radius 1 is 1.33 bits per heavy atom. The molecule has 0 amide bonds. The van der Waals surface area contributed by atoms with Crippen LogP contribution in [0.2, 0.25) is 0 Å². The molecule has 0 unspecified atom stereocenters. The molecule has 0 aliphatic heterocycles. The van der Waals surface area contributed by atoms with Crippen molar-refractivity contribution in [1.29, 1.82) is 0 Å². The molecule has 15 heavy (non-hydrogen) atoms. The van der Waals surface area contributed by atoms with Crippen LogP contribution in [0, 0.1) is 0 Å². The van der Waals surface area contributed by atoms with Crippen molar-refractivity contribution in [2.45, 2.75) is 6.54 Å². The predicted molar refractivity (Wildman–Crippen MR) is 49.6 cm³/mol. The molecule has 0 saturated heterocycles. The van der Waals surface area contributed by atoms with Crippen LogP contribution in [-0.2, 0) is 6.54 Å². The van der Waals surface area contributed by atoms with Crippen molar-refractivity contribution < 1.29 is 26.3 Å². The van der Waals surface area contributed by atoms with Gasteiger partial charge in [0.2, 0.25) is 6.33 Å². The topological polar surface area (TPSA) is 49.6 Å². The summed E-state index contributed by atoms with van der Waals surface area (Å²) in [5.41, 5.74) is 0.723. The number of rotatable bonds is 3. The highest BCUT2D eigenvalue weighted by Crippen LogP contribution is 1.99. The molecule has 0 bridgehead atoms. The molecule has 0 radical (unpaired) electrons. The molecule has 5 heteroatoms. The van der Waals surface area contributed by atoms with Gasteiger partial charge in [-0.25, -0.2) is 4.57 Å². The monoisotopic (exact) mass is 267 g/mol. The molecule has 2 rings (SSSR count). The first-order chi connectivity index (χ1) is 6.86. The summed E-state index contributed by atoms with van der Waals surface area (Å²) in [6.07, 6.45) is 3.24. The fraction of sp³-hybridized carbons (Fsp3) is 0.100. The van der Waals surface area contributed by atoms with Crippen LogP contribution in [0.5, 0.6) is 0 Å². The number of aromatic nitrogens is 3. The zero-order valence-corrected chi connectivity index (χ0v) is 9.52. The highest BCUT2D eigenvalue weighted by Gasteiger charge is 2.08. The van der Waals surface area contributed by atoms with Gasteiger partial charge in [0.1, 0.15) is 6.54 Å². The third-order valence-electron chi connectivity index (χ3n) is 1.93. The van der Waals surface area contributed by atoms with Gasteiger partial charge < -0.3 is 17.0 Å². The lowest BCUT2D eigenvalue weighted by Gasteiger charge is -1.96. The minimum Gasteiger partial charge on any atom is -1.00 e. The zero-order valence-electron chi connectivity index (χ0n) is 7.93. The van der Waals surface area contributed by atoms with Gasteiger partial charge in [0.25, 0.3) is 6.33 Å². The van der Waals surface area contributed by atoms with Crippen molar-refractivity contribution in [3.8, 4) is 0 Å². The van der Waals surface area contributed by atoms with E-state index in [1.165, 1.54) is 0 Å². The van der Waals surface area contributed by atoms with Gasteiger partial charge in [-0.2, -0.15) is 0 Å². The Morgan fingerprint density at radius 3 is 2.67 bits per heavy atom. The van der Waals surface area contributed by atoms with Crippen LogP contribution >= 0.6 is 0 Å². The van der Waals surface area contributed by atoms with Crippen molar-refractivity contribution in [3.05, 3.63) is 48.5 Å².